The number of halogens is 1. The molecule has 1 aliphatic carbocycles. The maximum atomic E-state index is 10.9. The van der Waals surface area contributed by atoms with Crippen molar-refractivity contribution in [3.8, 4) is 0 Å². The van der Waals surface area contributed by atoms with E-state index in [0.29, 0.717) is 19.3 Å². The first kappa shape index (κ1) is 11.2. The zero-order valence-corrected chi connectivity index (χ0v) is 8.67. The smallest absolute Gasteiger partial charge is 0.324 e. The summed E-state index contributed by atoms with van der Waals surface area (Å²) in [5.41, 5.74) is -0.672. The van der Waals surface area contributed by atoms with Gasteiger partial charge < -0.3 is 9.79 Å². The van der Waals surface area contributed by atoms with Crippen molar-refractivity contribution >= 4 is 24.4 Å². The fourth-order valence-corrected chi connectivity index (χ4v) is 2.92. The maximum Gasteiger partial charge on any atom is 0.328 e. The van der Waals surface area contributed by atoms with Crippen LogP contribution in [-0.2, 0) is 9.36 Å². The molecule has 1 fully saturated rings. The molecule has 0 aromatic rings. The van der Waals surface area contributed by atoms with Gasteiger partial charge >= 0.3 is 7.60 Å². The van der Waals surface area contributed by atoms with Crippen molar-refractivity contribution in [2.45, 2.75) is 31.3 Å². The van der Waals surface area contributed by atoms with Crippen LogP contribution >= 0.6 is 19.2 Å². The molecule has 0 amide bonds. The van der Waals surface area contributed by atoms with Gasteiger partial charge in [-0.1, -0.05) is 6.42 Å². The second kappa shape index (κ2) is 4.09. The molecule has 0 aliphatic heterocycles. The van der Waals surface area contributed by atoms with Crippen LogP contribution < -0.4 is 0 Å². The third-order valence-corrected chi connectivity index (χ3v) is 4.17. The van der Waals surface area contributed by atoms with Gasteiger partial charge in [0, 0.05) is 5.92 Å². The maximum absolute atomic E-state index is 10.9. The predicted molar refractivity (Wildman–Crippen MR) is 48.7 cm³/mol. The zero-order valence-electron chi connectivity index (χ0n) is 7.02. The van der Waals surface area contributed by atoms with Gasteiger partial charge in [-0.25, -0.2) is 0 Å². The number of carbonyl (C=O) groups excluding carboxylic acids is 1. The molecule has 2 N–H and O–H groups in total. The molecule has 0 aromatic carbocycles. The molecule has 2 unspecified atom stereocenters. The van der Waals surface area contributed by atoms with Gasteiger partial charge in [-0.3, -0.25) is 9.36 Å². The largest absolute Gasteiger partial charge is 0.328 e. The molecule has 4 nitrogen and oxygen atoms in total. The molecular formula is C7H12ClO4P. The number of rotatable bonds is 2. The molecule has 0 aromatic heterocycles. The van der Waals surface area contributed by atoms with E-state index in [1.165, 1.54) is 0 Å². The van der Waals surface area contributed by atoms with Gasteiger partial charge in [0.15, 0.2) is 0 Å². The van der Waals surface area contributed by atoms with Crippen LogP contribution in [0.25, 0.3) is 0 Å². The van der Waals surface area contributed by atoms with Crippen LogP contribution in [0.5, 0.6) is 0 Å². The second-order valence-electron chi connectivity index (χ2n) is 3.41. The summed E-state index contributed by atoms with van der Waals surface area (Å²) < 4.78 is 10.9. The molecule has 1 aliphatic rings. The van der Waals surface area contributed by atoms with Crippen LogP contribution in [-0.4, -0.2) is 20.7 Å². The Bertz CT molecular complexity index is 249. The van der Waals surface area contributed by atoms with Crippen molar-refractivity contribution in [2.24, 2.45) is 5.92 Å². The van der Waals surface area contributed by atoms with Crippen molar-refractivity contribution < 1.29 is 19.1 Å². The minimum Gasteiger partial charge on any atom is -0.324 e. The van der Waals surface area contributed by atoms with Crippen LogP contribution in [0.15, 0.2) is 0 Å². The molecule has 1 rings (SSSR count). The first-order chi connectivity index (χ1) is 5.91. The third kappa shape index (κ3) is 3.06. The molecule has 0 radical (unpaired) electrons. The van der Waals surface area contributed by atoms with Crippen molar-refractivity contribution in [3.05, 3.63) is 0 Å². The summed E-state index contributed by atoms with van der Waals surface area (Å²) in [4.78, 5) is 28.6. The van der Waals surface area contributed by atoms with Crippen LogP contribution in [0.2, 0.25) is 0 Å². The summed E-state index contributed by atoms with van der Waals surface area (Å²) in [6.45, 7) is 0. The summed E-state index contributed by atoms with van der Waals surface area (Å²) >= 11 is 5.28. The Morgan fingerprint density at radius 1 is 1.38 bits per heavy atom. The summed E-state index contributed by atoms with van der Waals surface area (Å²) in [7, 11) is -4.03. The Hall–Kier alpha value is 0.110. The zero-order chi connectivity index (χ0) is 10.1. The molecule has 0 heterocycles. The number of hydrogen-bond acceptors (Lipinski definition) is 2. The van der Waals surface area contributed by atoms with Crippen molar-refractivity contribution in [1.82, 2.24) is 0 Å². The van der Waals surface area contributed by atoms with E-state index in [2.05, 4.69) is 0 Å². The van der Waals surface area contributed by atoms with Crippen molar-refractivity contribution in [1.29, 1.82) is 0 Å². The second-order valence-corrected chi connectivity index (χ2v) is 5.69. The fraction of sp³-hybridized carbons (Fsp3) is 0.857. The van der Waals surface area contributed by atoms with Gasteiger partial charge in [0.25, 0.3) is 0 Å². The molecule has 13 heavy (non-hydrogen) atoms. The van der Waals surface area contributed by atoms with Gasteiger partial charge in [-0.15, -0.1) is 0 Å². The highest BCUT2D eigenvalue weighted by atomic mass is 35.5. The highest BCUT2D eigenvalue weighted by molar-refractivity contribution is 7.52. The SMILES string of the molecule is O=C(Cl)C1CCCC(P(=O)(O)O)C1. The van der Waals surface area contributed by atoms with Crippen molar-refractivity contribution in [2.75, 3.05) is 0 Å². The van der Waals surface area contributed by atoms with Crippen LogP contribution in [0, 0.1) is 5.92 Å². The molecule has 0 saturated heterocycles. The minimum absolute atomic E-state index is 0.229. The predicted octanol–water partition coefficient (Wildman–Crippen LogP) is 1.49. The van der Waals surface area contributed by atoms with Gasteiger partial charge in [-0.2, -0.15) is 0 Å². The standard InChI is InChI=1S/C7H12ClO4P/c8-7(9)5-2-1-3-6(4-5)13(10,11)12/h5-6H,1-4H2,(H2,10,11,12). The Morgan fingerprint density at radius 2 is 2.00 bits per heavy atom. The third-order valence-electron chi connectivity index (χ3n) is 2.44. The molecule has 76 valence electrons. The first-order valence-electron chi connectivity index (χ1n) is 4.16. The van der Waals surface area contributed by atoms with Crippen LogP contribution in [0.3, 0.4) is 0 Å². The van der Waals surface area contributed by atoms with E-state index in [-0.39, 0.29) is 12.3 Å². The van der Waals surface area contributed by atoms with Gasteiger partial charge in [0.2, 0.25) is 5.24 Å². The molecule has 0 spiro atoms. The summed E-state index contributed by atoms with van der Waals surface area (Å²) in [6.07, 6.45) is 2.04. The van der Waals surface area contributed by atoms with E-state index < -0.39 is 18.5 Å². The Kier molecular flexibility index (Phi) is 3.52. The van der Waals surface area contributed by atoms with Crippen LogP contribution in [0.1, 0.15) is 25.7 Å². The highest BCUT2D eigenvalue weighted by Crippen LogP contribution is 2.49. The number of carbonyl (C=O) groups is 1. The summed E-state index contributed by atoms with van der Waals surface area (Å²) in [6, 6.07) is 0. The highest BCUT2D eigenvalue weighted by Gasteiger charge is 2.35. The fourth-order valence-electron chi connectivity index (χ4n) is 1.68. The average Bonchev–Trinajstić information content (AvgIpc) is 2.03. The Labute approximate surface area is 81.4 Å². The summed E-state index contributed by atoms with van der Waals surface area (Å²) in [5, 5.41) is -0.474. The lowest BCUT2D eigenvalue weighted by molar-refractivity contribution is -0.115. The van der Waals surface area contributed by atoms with Crippen LogP contribution in [0.4, 0.5) is 0 Å². The lowest BCUT2D eigenvalue weighted by atomic mass is 9.90. The molecule has 6 heteroatoms. The quantitative estimate of drug-likeness (QED) is 0.553. The van der Waals surface area contributed by atoms with E-state index in [1.807, 2.05) is 0 Å². The van der Waals surface area contributed by atoms with Gasteiger partial charge in [0.05, 0.1) is 5.66 Å². The molecule has 2 atom stereocenters. The average molecular weight is 227 g/mol. The first-order valence-corrected chi connectivity index (χ1v) is 6.22. The van der Waals surface area contributed by atoms with E-state index >= 15 is 0 Å². The van der Waals surface area contributed by atoms with Crippen molar-refractivity contribution in [3.63, 3.8) is 0 Å². The van der Waals surface area contributed by atoms with E-state index in [1.54, 1.807) is 0 Å². The van der Waals surface area contributed by atoms with E-state index in [9.17, 15) is 9.36 Å². The lowest BCUT2D eigenvalue weighted by Gasteiger charge is -2.27. The lowest BCUT2D eigenvalue weighted by Crippen LogP contribution is -2.23. The van der Waals surface area contributed by atoms with Gasteiger partial charge in [0.1, 0.15) is 0 Å². The Balaban J connectivity index is 2.62. The topological polar surface area (TPSA) is 74.6 Å². The monoisotopic (exact) mass is 226 g/mol. The number of hydrogen-bond donors (Lipinski definition) is 2. The normalized spacial score (nSPS) is 30.1. The van der Waals surface area contributed by atoms with Gasteiger partial charge in [-0.05, 0) is 30.9 Å². The molecular weight excluding hydrogens is 214 g/mol. The van der Waals surface area contributed by atoms with E-state index in [0.717, 1.165) is 0 Å². The van der Waals surface area contributed by atoms with E-state index in [4.69, 9.17) is 21.4 Å². The Morgan fingerprint density at radius 3 is 2.46 bits per heavy atom. The molecule has 1 saturated carbocycles. The summed E-state index contributed by atoms with van der Waals surface area (Å²) in [5.74, 6) is -0.368. The minimum atomic E-state index is -4.03. The molecule has 0 bridgehead atoms.